The minimum absolute atomic E-state index is 0.253. The number of carboxylic acids is 1. The van der Waals surface area contributed by atoms with Crippen LogP contribution in [0.4, 0.5) is 0 Å². The van der Waals surface area contributed by atoms with Crippen molar-refractivity contribution < 1.29 is 9.90 Å². The topological polar surface area (TPSA) is 52.6 Å². The Labute approximate surface area is 103 Å². The average molecular weight is 240 g/mol. The lowest BCUT2D eigenvalue weighted by atomic mass is 10.0. The van der Waals surface area contributed by atoms with Crippen LogP contribution >= 0.6 is 0 Å². The van der Waals surface area contributed by atoms with E-state index in [0.29, 0.717) is 6.04 Å². The van der Waals surface area contributed by atoms with Gasteiger partial charge >= 0.3 is 5.97 Å². The van der Waals surface area contributed by atoms with Gasteiger partial charge in [-0.2, -0.15) is 0 Å². The summed E-state index contributed by atoms with van der Waals surface area (Å²) in [5, 5.41) is 12.4. The normalized spacial score (nSPS) is 26.0. The van der Waals surface area contributed by atoms with Crippen molar-refractivity contribution in [3.05, 3.63) is 0 Å². The number of hydrogen-bond acceptors (Lipinski definition) is 3. The molecule has 1 saturated heterocycles. The summed E-state index contributed by atoms with van der Waals surface area (Å²) in [4.78, 5) is 13.6. The summed E-state index contributed by atoms with van der Waals surface area (Å²) in [6, 6.07) is 0.0987. The van der Waals surface area contributed by atoms with Crippen LogP contribution in [-0.2, 0) is 4.79 Å². The molecule has 2 rings (SSSR count). The van der Waals surface area contributed by atoms with Gasteiger partial charge in [-0.05, 0) is 52.5 Å². The van der Waals surface area contributed by atoms with Crippen LogP contribution in [0, 0.1) is 0 Å². The molecule has 0 bridgehead atoms. The van der Waals surface area contributed by atoms with Gasteiger partial charge in [0, 0.05) is 18.1 Å². The summed E-state index contributed by atoms with van der Waals surface area (Å²) in [6.45, 7) is 6.51. The van der Waals surface area contributed by atoms with E-state index in [1.165, 1.54) is 12.8 Å². The molecule has 17 heavy (non-hydrogen) atoms. The van der Waals surface area contributed by atoms with Crippen molar-refractivity contribution in [2.45, 2.75) is 63.6 Å². The summed E-state index contributed by atoms with van der Waals surface area (Å²) in [5.74, 6) is -0.700. The monoisotopic (exact) mass is 240 g/mol. The predicted molar refractivity (Wildman–Crippen MR) is 67.1 cm³/mol. The number of carbonyl (C=O) groups is 1. The molecule has 1 unspecified atom stereocenters. The van der Waals surface area contributed by atoms with Gasteiger partial charge in [0.05, 0.1) is 0 Å². The van der Waals surface area contributed by atoms with Crippen LogP contribution in [0.5, 0.6) is 0 Å². The van der Waals surface area contributed by atoms with Crippen LogP contribution < -0.4 is 5.32 Å². The number of nitrogens with zero attached hydrogens (tertiary/aromatic N) is 1. The molecule has 1 aliphatic carbocycles. The van der Waals surface area contributed by atoms with Crippen LogP contribution in [0.2, 0.25) is 0 Å². The number of carboxylic acid groups (broad SMARTS) is 1. The summed E-state index contributed by atoms with van der Waals surface area (Å²) in [5.41, 5.74) is 0.253. The lowest BCUT2D eigenvalue weighted by Crippen LogP contribution is -2.44. The molecule has 0 aromatic heterocycles. The van der Waals surface area contributed by atoms with Crippen LogP contribution in [0.25, 0.3) is 0 Å². The van der Waals surface area contributed by atoms with Crippen molar-refractivity contribution in [3.8, 4) is 0 Å². The lowest BCUT2D eigenvalue weighted by molar-refractivity contribution is -0.139. The zero-order chi connectivity index (χ0) is 12.5. The fraction of sp³-hybridized carbons (Fsp3) is 0.923. The van der Waals surface area contributed by atoms with Crippen molar-refractivity contribution in [1.29, 1.82) is 0 Å². The van der Waals surface area contributed by atoms with Gasteiger partial charge in [0.15, 0.2) is 0 Å². The quantitative estimate of drug-likeness (QED) is 0.738. The molecule has 2 fully saturated rings. The molecule has 0 aromatic carbocycles. The van der Waals surface area contributed by atoms with E-state index in [0.717, 1.165) is 32.4 Å². The third kappa shape index (κ3) is 3.42. The molecule has 1 atom stereocenters. The molecule has 4 nitrogen and oxygen atoms in total. The van der Waals surface area contributed by atoms with Gasteiger partial charge in [0.1, 0.15) is 6.04 Å². The van der Waals surface area contributed by atoms with Crippen molar-refractivity contribution in [2.75, 3.05) is 13.1 Å². The smallest absolute Gasteiger partial charge is 0.320 e. The SMILES string of the molecule is CC1(C)CCCN1CCC(NC1CC1)C(=O)O. The number of aliphatic carboxylic acids is 1. The second-order valence-electron chi connectivity index (χ2n) is 6.02. The molecule has 1 heterocycles. The Morgan fingerprint density at radius 2 is 2.24 bits per heavy atom. The van der Waals surface area contributed by atoms with E-state index in [-0.39, 0.29) is 11.6 Å². The van der Waals surface area contributed by atoms with Gasteiger partial charge in [-0.25, -0.2) is 0 Å². The molecule has 2 aliphatic rings. The standard InChI is InChI=1S/C13H24N2O2/c1-13(2)7-3-8-15(13)9-6-11(12(16)17)14-10-4-5-10/h10-11,14H,3-9H2,1-2H3,(H,16,17). The average Bonchev–Trinajstić information content (AvgIpc) is 2.98. The number of hydrogen-bond donors (Lipinski definition) is 2. The second kappa shape index (κ2) is 4.94. The summed E-state index contributed by atoms with van der Waals surface area (Å²) >= 11 is 0. The van der Waals surface area contributed by atoms with Gasteiger partial charge in [-0.15, -0.1) is 0 Å². The van der Waals surface area contributed by atoms with Gasteiger partial charge < -0.3 is 10.4 Å². The number of likely N-dealkylation sites (tertiary alicyclic amines) is 1. The highest BCUT2D eigenvalue weighted by atomic mass is 16.4. The Hall–Kier alpha value is -0.610. The highest BCUT2D eigenvalue weighted by Gasteiger charge is 2.33. The Balaban J connectivity index is 1.79. The van der Waals surface area contributed by atoms with E-state index in [1.54, 1.807) is 0 Å². The van der Waals surface area contributed by atoms with E-state index in [9.17, 15) is 9.90 Å². The third-order valence-corrected chi connectivity index (χ3v) is 4.07. The molecule has 1 aliphatic heterocycles. The molecule has 4 heteroatoms. The maximum atomic E-state index is 11.1. The van der Waals surface area contributed by atoms with Crippen LogP contribution in [0.15, 0.2) is 0 Å². The summed E-state index contributed by atoms with van der Waals surface area (Å²) in [7, 11) is 0. The summed E-state index contributed by atoms with van der Waals surface area (Å²) in [6.07, 6.45) is 5.45. The van der Waals surface area contributed by atoms with Gasteiger partial charge in [-0.3, -0.25) is 9.69 Å². The van der Waals surface area contributed by atoms with Crippen molar-refractivity contribution in [2.24, 2.45) is 0 Å². The maximum Gasteiger partial charge on any atom is 0.320 e. The Kier molecular flexibility index (Phi) is 3.73. The van der Waals surface area contributed by atoms with E-state index in [4.69, 9.17) is 0 Å². The molecule has 0 aromatic rings. The summed E-state index contributed by atoms with van der Waals surface area (Å²) < 4.78 is 0. The first-order valence-corrected chi connectivity index (χ1v) is 6.73. The van der Waals surface area contributed by atoms with E-state index in [2.05, 4.69) is 24.1 Å². The van der Waals surface area contributed by atoms with Gasteiger partial charge in [0.2, 0.25) is 0 Å². The zero-order valence-electron chi connectivity index (χ0n) is 10.9. The molecule has 0 radical (unpaired) electrons. The van der Waals surface area contributed by atoms with E-state index in [1.807, 2.05) is 0 Å². The first-order valence-electron chi connectivity index (χ1n) is 6.73. The van der Waals surface area contributed by atoms with Crippen LogP contribution in [-0.4, -0.2) is 46.7 Å². The third-order valence-electron chi connectivity index (χ3n) is 4.07. The molecule has 2 N–H and O–H groups in total. The Bertz CT molecular complexity index is 287. The highest BCUT2D eigenvalue weighted by molar-refractivity contribution is 5.73. The Morgan fingerprint density at radius 1 is 1.53 bits per heavy atom. The molecule has 0 spiro atoms. The second-order valence-corrected chi connectivity index (χ2v) is 6.02. The lowest BCUT2D eigenvalue weighted by Gasteiger charge is -2.32. The first-order chi connectivity index (χ1) is 7.99. The van der Waals surface area contributed by atoms with Crippen LogP contribution in [0.3, 0.4) is 0 Å². The molecule has 1 saturated carbocycles. The minimum Gasteiger partial charge on any atom is -0.480 e. The maximum absolute atomic E-state index is 11.1. The molecule has 0 amide bonds. The van der Waals surface area contributed by atoms with Gasteiger partial charge in [0.25, 0.3) is 0 Å². The molecular formula is C13H24N2O2. The van der Waals surface area contributed by atoms with Crippen molar-refractivity contribution >= 4 is 5.97 Å². The van der Waals surface area contributed by atoms with Crippen molar-refractivity contribution in [3.63, 3.8) is 0 Å². The first kappa shape index (κ1) is 12.8. The predicted octanol–water partition coefficient (Wildman–Crippen LogP) is 1.46. The zero-order valence-corrected chi connectivity index (χ0v) is 10.9. The van der Waals surface area contributed by atoms with Gasteiger partial charge in [-0.1, -0.05) is 0 Å². The Morgan fingerprint density at radius 3 is 2.71 bits per heavy atom. The largest absolute Gasteiger partial charge is 0.480 e. The van der Waals surface area contributed by atoms with Crippen LogP contribution in [0.1, 0.15) is 46.0 Å². The number of rotatable bonds is 6. The molecular weight excluding hydrogens is 216 g/mol. The molecule has 98 valence electrons. The number of nitrogens with one attached hydrogen (secondary N) is 1. The minimum atomic E-state index is -0.700. The van der Waals surface area contributed by atoms with Crippen molar-refractivity contribution in [1.82, 2.24) is 10.2 Å². The fourth-order valence-electron chi connectivity index (χ4n) is 2.68. The fourth-order valence-corrected chi connectivity index (χ4v) is 2.68. The van der Waals surface area contributed by atoms with E-state index < -0.39 is 5.97 Å². The van der Waals surface area contributed by atoms with E-state index >= 15 is 0 Å². The highest BCUT2D eigenvalue weighted by Crippen LogP contribution is 2.28.